The number of carbonyl (C=O) groups excluding carboxylic acids is 1. The van der Waals surface area contributed by atoms with Crippen LogP contribution < -0.4 is 14.8 Å². The van der Waals surface area contributed by atoms with E-state index in [4.69, 9.17) is 9.47 Å². The number of amides is 1. The number of hydrogen-bond acceptors (Lipinski definition) is 5. The van der Waals surface area contributed by atoms with E-state index < -0.39 is 4.92 Å². The van der Waals surface area contributed by atoms with Gasteiger partial charge < -0.3 is 14.8 Å². The van der Waals surface area contributed by atoms with Gasteiger partial charge in [-0.05, 0) is 48.6 Å². The number of nitro groups is 1. The van der Waals surface area contributed by atoms with E-state index in [-0.39, 0.29) is 17.6 Å². The van der Waals surface area contributed by atoms with E-state index >= 15 is 0 Å². The lowest BCUT2D eigenvalue weighted by Gasteiger charge is -2.22. The highest BCUT2D eigenvalue weighted by atomic mass is 16.6. The first-order valence-electron chi connectivity index (χ1n) is 9.23. The van der Waals surface area contributed by atoms with E-state index in [1.165, 1.54) is 18.2 Å². The first-order chi connectivity index (χ1) is 13.6. The lowest BCUT2D eigenvalue weighted by atomic mass is 10.0. The molecule has 1 fully saturated rings. The van der Waals surface area contributed by atoms with Crippen LogP contribution in [-0.4, -0.2) is 24.0 Å². The van der Waals surface area contributed by atoms with Crippen LogP contribution >= 0.6 is 0 Å². The molecular formula is C21H20N2O5. The van der Waals surface area contributed by atoms with Gasteiger partial charge in [-0.1, -0.05) is 18.2 Å². The molecule has 2 aliphatic rings. The third-order valence-electron chi connectivity index (χ3n) is 4.86. The van der Waals surface area contributed by atoms with Crippen LogP contribution in [0.2, 0.25) is 0 Å². The molecule has 0 spiro atoms. The summed E-state index contributed by atoms with van der Waals surface area (Å²) in [5.41, 5.74) is 1.33. The SMILES string of the molecule is O=C(C=Cc1ccccc1[N+](=O)[O-])NC(c1ccc2c(c1)OCCO2)C1CC1. The van der Waals surface area contributed by atoms with E-state index in [0.29, 0.717) is 36.2 Å². The van der Waals surface area contributed by atoms with Crippen LogP contribution in [-0.2, 0) is 4.79 Å². The maximum Gasteiger partial charge on any atom is 0.276 e. The van der Waals surface area contributed by atoms with E-state index in [2.05, 4.69) is 5.32 Å². The van der Waals surface area contributed by atoms with E-state index in [0.717, 1.165) is 18.4 Å². The van der Waals surface area contributed by atoms with Gasteiger partial charge in [0.25, 0.3) is 5.69 Å². The minimum absolute atomic E-state index is 0.0304. The Hall–Kier alpha value is -3.35. The number of hydrogen-bond donors (Lipinski definition) is 1. The van der Waals surface area contributed by atoms with Crippen molar-refractivity contribution >= 4 is 17.7 Å². The Morgan fingerprint density at radius 1 is 1.14 bits per heavy atom. The molecule has 7 nitrogen and oxygen atoms in total. The smallest absolute Gasteiger partial charge is 0.276 e. The van der Waals surface area contributed by atoms with Crippen molar-refractivity contribution in [3.63, 3.8) is 0 Å². The molecule has 1 aliphatic heterocycles. The number of ether oxygens (including phenoxy) is 2. The number of fused-ring (bicyclic) bond motifs is 1. The fourth-order valence-corrected chi connectivity index (χ4v) is 3.32. The molecule has 2 aromatic rings. The van der Waals surface area contributed by atoms with Gasteiger partial charge in [0.2, 0.25) is 5.91 Å². The molecule has 1 N–H and O–H groups in total. The summed E-state index contributed by atoms with van der Waals surface area (Å²) < 4.78 is 11.2. The summed E-state index contributed by atoms with van der Waals surface area (Å²) in [5, 5.41) is 14.1. The highest BCUT2D eigenvalue weighted by Crippen LogP contribution is 2.43. The summed E-state index contributed by atoms with van der Waals surface area (Å²) in [6, 6.07) is 11.9. The summed E-state index contributed by atoms with van der Waals surface area (Å²) in [4.78, 5) is 23.1. The van der Waals surface area contributed by atoms with Crippen molar-refractivity contribution in [1.82, 2.24) is 5.32 Å². The molecule has 1 amide bonds. The molecule has 2 aromatic carbocycles. The lowest BCUT2D eigenvalue weighted by molar-refractivity contribution is -0.385. The number of benzene rings is 2. The van der Waals surface area contributed by atoms with Gasteiger partial charge in [-0.2, -0.15) is 0 Å². The van der Waals surface area contributed by atoms with Crippen molar-refractivity contribution in [2.45, 2.75) is 18.9 Å². The zero-order valence-corrected chi connectivity index (χ0v) is 15.2. The van der Waals surface area contributed by atoms with Crippen LogP contribution in [0.1, 0.15) is 30.0 Å². The molecule has 0 aromatic heterocycles. The molecular weight excluding hydrogens is 360 g/mol. The molecule has 1 aliphatic carbocycles. The molecule has 4 rings (SSSR count). The van der Waals surface area contributed by atoms with Crippen molar-refractivity contribution in [3.8, 4) is 11.5 Å². The average Bonchev–Trinajstić information content (AvgIpc) is 3.55. The largest absolute Gasteiger partial charge is 0.486 e. The number of carbonyl (C=O) groups is 1. The monoisotopic (exact) mass is 380 g/mol. The van der Waals surface area contributed by atoms with Crippen molar-refractivity contribution in [2.24, 2.45) is 5.92 Å². The Balaban J connectivity index is 1.50. The second-order valence-corrected chi connectivity index (χ2v) is 6.88. The summed E-state index contributed by atoms with van der Waals surface area (Å²) in [6.45, 7) is 1.04. The van der Waals surface area contributed by atoms with Crippen molar-refractivity contribution in [3.05, 3.63) is 69.8 Å². The molecule has 1 saturated carbocycles. The zero-order chi connectivity index (χ0) is 19.5. The van der Waals surface area contributed by atoms with Gasteiger partial charge in [0, 0.05) is 12.1 Å². The van der Waals surface area contributed by atoms with Gasteiger partial charge in [-0.3, -0.25) is 14.9 Å². The number of para-hydroxylation sites is 1. The topological polar surface area (TPSA) is 90.7 Å². The second kappa shape index (κ2) is 7.72. The number of nitrogens with zero attached hydrogens (tertiary/aromatic N) is 1. The fraction of sp³-hybridized carbons (Fsp3) is 0.286. The minimum Gasteiger partial charge on any atom is -0.486 e. The lowest BCUT2D eigenvalue weighted by Crippen LogP contribution is -2.28. The Morgan fingerprint density at radius 2 is 1.89 bits per heavy atom. The number of rotatable bonds is 6. The summed E-state index contributed by atoms with van der Waals surface area (Å²) >= 11 is 0. The normalized spacial score (nSPS) is 16.6. The van der Waals surface area contributed by atoms with Crippen molar-refractivity contribution in [2.75, 3.05) is 13.2 Å². The molecule has 1 heterocycles. The van der Waals surface area contributed by atoms with E-state index in [1.807, 2.05) is 18.2 Å². The van der Waals surface area contributed by atoms with Crippen LogP contribution in [0.4, 0.5) is 5.69 Å². The number of nitrogens with one attached hydrogen (secondary N) is 1. The molecule has 7 heteroatoms. The highest BCUT2D eigenvalue weighted by Gasteiger charge is 2.33. The summed E-state index contributed by atoms with van der Waals surface area (Å²) in [6.07, 6.45) is 4.91. The Morgan fingerprint density at radius 3 is 2.64 bits per heavy atom. The van der Waals surface area contributed by atoms with Crippen LogP contribution in [0.25, 0.3) is 6.08 Å². The van der Waals surface area contributed by atoms with Crippen LogP contribution in [0.15, 0.2) is 48.5 Å². The van der Waals surface area contributed by atoms with Gasteiger partial charge >= 0.3 is 0 Å². The van der Waals surface area contributed by atoms with Gasteiger partial charge in [0.15, 0.2) is 11.5 Å². The van der Waals surface area contributed by atoms with Crippen molar-refractivity contribution < 1.29 is 19.2 Å². The van der Waals surface area contributed by atoms with Crippen LogP contribution in [0, 0.1) is 16.0 Å². The molecule has 144 valence electrons. The quantitative estimate of drug-likeness (QED) is 0.469. The maximum absolute atomic E-state index is 12.5. The molecule has 0 radical (unpaired) electrons. The number of nitro benzene ring substituents is 1. The molecule has 1 atom stereocenters. The van der Waals surface area contributed by atoms with Gasteiger partial charge in [0.05, 0.1) is 16.5 Å². The predicted molar refractivity (Wildman–Crippen MR) is 103 cm³/mol. The first-order valence-corrected chi connectivity index (χ1v) is 9.23. The summed E-state index contributed by atoms with van der Waals surface area (Å²) in [5.74, 6) is 1.50. The van der Waals surface area contributed by atoms with Gasteiger partial charge in [-0.25, -0.2) is 0 Å². The Labute approximate surface area is 162 Å². The highest BCUT2D eigenvalue weighted by molar-refractivity contribution is 5.92. The van der Waals surface area contributed by atoms with Crippen molar-refractivity contribution in [1.29, 1.82) is 0 Å². The molecule has 1 unspecified atom stereocenters. The molecule has 28 heavy (non-hydrogen) atoms. The minimum atomic E-state index is -0.459. The second-order valence-electron chi connectivity index (χ2n) is 6.88. The third-order valence-corrected chi connectivity index (χ3v) is 4.86. The van der Waals surface area contributed by atoms with Crippen LogP contribution in [0.5, 0.6) is 11.5 Å². The Kier molecular flexibility index (Phi) is 4.97. The third kappa shape index (κ3) is 3.98. The standard InChI is InChI=1S/C21H20N2O5/c24-20(10-8-14-3-1-2-4-17(14)23(25)26)22-21(15-5-6-15)16-7-9-18-19(13-16)28-12-11-27-18/h1-4,7-10,13,15,21H,5-6,11-12H2,(H,22,24). The zero-order valence-electron chi connectivity index (χ0n) is 15.2. The maximum atomic E-state index is 12.5. The van der Waals surface area contributed by atoms with E-state index in [9.17, 15) is 14.9 Å². The fourth-order valence-electron chi connectivity index (χ4n) is 3.32. The van der Waals surface area contributed by atoms with Gasteiger partial charge in [-0.15, -0.1) is 0 Å². The molecule has 0 bridgehead atoms. The predicted octanol–water partition coefficient (Wildman–Crippen LogP) is 3.65. The Bertz CT molecular complexity index is 936. The first kappa shape index (κ1) is 18.0. The van der Waals surface area contributed by atoms with E-state index in [1.54, 1.807) is 18.2 Å². The van der Waals surface area contributed by atoms with Gasteiger partial charge in [0.1, 0.15) is 13.2 Å². The summed E-state index contributed by atoms with van der Waals surface area (Å²) in [7, 11) is 0. The average molecular weight is 380 g/mol. The molecule has 0 saturated heterocycles. The van der Waals surface area contributed by atoms with Crippen LogP contribution in [0.3, 0.4) is 0 Å².